The molecule has 0 saturated heterocycles. The highest BCUT2D eigenvalue weighted by Gasteiger charge is 2.21. The molecule has 0 fully saturated rings. The van der Waals surface area contributed by atoms with Gasteiger partial charge < -0.3 is 33.3 Å². The number of esters is 2. The summed E-state index contributed by atoms with van der Waals surface area (Å²) < 4.78 is 22.5. The fourth-order valence-electron chi connectivity index (χ4n) is 6.67. The fraction of sp³-hybridized carbons (Fsp3) is 0.530. The second kappa shape index (κ2) is 54.9. The van der Waals surface area contributed by atoms with Crippen molar-refractivity contribution in [1.29, 1.82) is 0 Å². The molecule has 0 aromatic carbocycles. The Kier molecular flexibility index (Phi) is 51.0. The van der Waals surface area contributed by atoms with Crippen molar-refractivity contribution >= 4 is 17.9 Å². The van der Waals surface area contributed by atoms with E-state index in [1.54, 1.807) is 0 Å². The maximum Gasteiger partial charge on any atom is 0.306 e. The van der Waals surface area contributed by atoms with Gasteiger partial charge in [0, 0.05) is 12.8 Å². The van der Waals surface area contributed by atoms with E-state index < -0.39 is 30.3 Å². The summed E-state index contributed by atoms with van der Waals surface area (Å²) in [5, 5.41) is 11.7. The van der Waals surface area contributed by atoms with Gasteiger partial charge in [-0.25, -0.2) is 0 Å². The van der Waals surface area contributed by atoms with Gasteiger partial charge in [0.25, 0.3) is 0 Å². The monoisotopic (exact) mass is 1040 g/mol. The summed E-state index contributed by atoms with van der Waals surface area (Å²) in [6.07, 6.45) is 79.9. The fourth-order valence-corrected chi connectivity index (χ4v) is 6.67. The number of unbranched alkanes of at least 4 members (excludes halogenated alkanes) is 6. The van der Waals surface area contributed by atoms with Gasteiger partial charge >= 0.3 is 11.9 Å². The summed E-state index contributed by atoms with van der Waals surface area (Å²) in [7, 11) is 5.88. The molecule has 0 aromatic rings. The number of likely N-dealkylation sites (N-methyl/N-ethyl adjacent to an activating group) is 1. The van der Waals surface area contributed by atoms with Crippen LogP contribution in [-0.4, -0.2) is 82.3 Å². The van der Waals surface area contributed by atoms with Gasteiger partial charge in [-0.05, 0) is 128 Å². The molecule has 2 atom stereocenters. The average Bonchev–Trinajstić information content (AvgIpc) is 3.38. The molecule has 0 rings (SSSR count). The lowest BCUT2D eigenvalue weighted by Gasteiger charge is -2.26. The van der Waals surface area contributed by atoms with Crippen LogP contribution in [0, 0.1) is 0 Å². The third-order valence-corrected chi connectivity index (χ3v) is 11.0. The minimum atomic E-state index is -1.65. The van der Waals surface area contributed by atoms with Crippen LogP contribution in [0.25, 0.3) is 0 Å². The molecular weight excluding hydrogens is 935 g/mol. The van der Waals surface area contributed by atoms with Crippen molar-refractivity contribution in [3.8, 4) is 0 Å². The number of hydrogen-bond donors (Lipinski definition) is 0. The number of ether oxygens (including phenoxy) is 4. The van der Waals surface area contributed by atoms with Gasteiger partial charge in [0.1, 0.15) is 13.2 Å². The lowest BCUT2D eigenvalue weighted by Crippen LogP contribution is -2.44. The normalized spacial score (nSPS) is 14.1. The zero-order valence-corrected chi connectivity index (χ0v) is 47.3. The molecular formula is C66H101NO8. The quantitative estimate of drug-likeness (QED) is 0.0195. The van der Waals surface area contributed by atoms with Crippen molar-refractivity contribution in [2.45, 2.75) is 180 Å². The first-order chi connectivity index (χ1) is 36.6. The Morgan fingerprint density at radius 3 is 1.04 bits per heavy atom. The largest absolute Gasteiger partial charge is 0.545 e. The molecule has 9 heteroatoms. The van der Waals surface area contributed by atoms with Gasteiger partial charge in [-0.15, -0.1) is 0 Å². The van der Waals surface area contributed by atoms with Crippen LogP contribution < -0.4 is 5.11 Å². The highest BCUT2D eigenvalue weighted by Crippen LogP contribution is 2.11. The maximum atomic E-state index is 12.8. The third-order valence-electron chi connectivity index (χ3n) is 11.0. The first-order valence-electron chi connectivity index (χ1n) is 28.3. The Morgan fingerprint density at radius 1 is 0.400 bits per heavy atom. The minimum absolute atomic E-state index is 0.126. The van der Waals surface area contributed by atoms with Crippen LogP contribution >= 0.6 is 0 Å². The molecule has 0 aliphatic rings. The van der Waals surface area contributed by atoms with Gasteiger partial charge in [-0.2, -0.15) is 0 Å². The molecule has 0 radical (unpaired) electrons. The summed E-state index contributed by atoms with van der Waals surface area (Å²) in [6, 6.07) is 0. The number of carbonyl (C=O) groups is 3. The lowest BCUT2D eigenvalue weighted by molar-refractivity contribution is -0.870. The maximum absolute atomic E-state index is 12.8. The van der Waals surface area contributed by atoms with Crippen molar-refractivity contribution < 1.29 is 42.9 Å². The topological polar surface area (TPSA) is 111 Å². The van der Waals surface area contributed by atoms with E-state index >= 15 is 0 Å². The van der Waals surface area contributed by atoms with Crippen LogP contribution in [0.2, 0.25) is 0 Å². The standard InChI is InChI=1S/C66H101NO8/c1-6-8-10-12-14-16-18-20-21-22-23-24-25-26-27-28-29-30-31-32-33-34-35-36-37-38-39-40-41-42-43-45-47-49-51-53-55-57-64(69)75-62(61-74-66(65(70)71)72-59-58-67(3,4)5)60-73-63(68)56-54-52-50-48-46-44-19-17-15-13-11-9-7-2/h8-11,14-17,20-21,23-24,26-27,29-30,32-33,35-36,38-39,41-42,44-47,62,66H,6-7,12-13,18-19,22,25,28,31,34,37,40,43,48-61H2,1-5H3/b10-8-,11-9-,16-14-,17-15-,21-20-,24-23-,27-26-,30-29-,33-32-,36-35-,39-38-,42-41-,46-44-,47-45-. The van der Waals surface area contributed by atoms with Crippen LogP contribution in [0.15, 0.2) is 170 Å². The van der Waals surface area contributed by atoms with Gasteiger partial charge in [0.05, 0.1) is 40.3 Å². The van der Waals surface area contributed by atoms with E-state index in [2.05, 4.69) is 184 Å². The predicted molar refractivity (Wildman–Crippen MR) is 315 cm³/mol. The number of rotatable bonds is 49. The Labute approximate surface area is 457 Å². The number of carboxylic acid groups (broad SMARTS) is 1. The smallest absolute Gasteiger partial charge is 0.306 e. The molecule has 2 unspecified atom stereocenters. The van der Waals surface area contributed by atoms with E-state index in [1.165, 1.54) is 0 Å². The summed E-state index contributed by atoms with van der Waals surface area (Å²) in [5.74, 6) is -2.40. The SMILES string of the molecule is CC/C=C\C/C=C\C/C=C\C/C=C\C/C=C\C/C=C\C/C=C\C/C=C\C/C=C\C/C=C\C/C=C\CCCCCC(=O)OC(COC(=O)CCCCC/C=C\C/C=C\C/C=C\CC)COC(OCC[N+](C)(C)C)C(=O)[O-]. The van der Waals surface area contributed by atoms with Crippen molar-refractivity contribution in [2.75, 3.05) is 47.5 Å². The minimum Gasteiger partial charge on any atom is -0.545 e. The molecule has 9 nitrogen and oxygen atoms in total. The molecule has 0 aromatic heterocycles. The Balaban J connectivity index is 4.33. The zero-order valence-electron chi connectivity index (χ0n) is 47.3. The number of carboxylic acids is 1. The second-order valence-corrected chi connectivity index (χ2v) is 19.1. The number of allylic oxidation sites excluding steroid dienone is 28. The Bertz CT molecular complexity index is 1830. The molecule has 0 spiro atoms. The molecule has 0 bridgehead atoms. The highest BCUT2D eigenvalue weighted by molar-refractivity contribution is 5.70. The van der Waals surface area contributed by atoms with E-state index in [-0.39, 0.29) is 32.7 Å². The summed E-state index contributed by atoms with van der Waals surface area (Å²) in [4.78, 5) is 37.1. The Morgan fingerprint density at radius 2 is 0.720 bits per heavy atom. The van der Waals surface area contributed by atoms with Crippen LogP contribution in [0.3, 0.4) is 0 Å². The van der Waals surface area contributed by atoms with Gasteiger partial charge in [-0.3, -0.25) is 9.59 Å². The van der Waals surface area contributed by atoms with Crippen LogP contribution in [0.1, 0.15) is 168 Å². The molecule has 418 valence electrons. The van der Waals surface area contributed by atoms with Gasteiger partial charge in [-0.1, -0.05) is 197 Å². The van der Waals surface area contributed by atoms with E-state index in [0.717, 1.165) is 128 Å². The molecule has 0 aliphatic carbocycles. The number of aliphatic carboxylic acids is 1. The zero-order chi connectivity index (χ0) is 54.8. The summed E-state index contributed by atoms with van der Waals surface area (Å²) in [5.41, 5.74) is 0. The second-order valence-electron chi connectivity index (χ2n) is 19.1. The third kappa shape index (κ3) is 56.2. The molecule has 0 amide bonds. The first-order valence-corrected chi connectivity index (χ1v) is 28.3. The van der Waals surface area contributed by atoms with Gasteiger partial charge in [0.15, 0.2) is 12.4 Å². The Hall–Kier alpha value is -5.35. The number of quaternary nitrogens is 1. The van der Waals surface area contributed by atoms with E-state index in [4.69, 9.17) is 18.9 Å². The van der Waals surface area contributed by atoms with Crippen molar-refractivity contribution in [1.82, 2.24) is 0 Å². The van der Waals surface area contributed by atoms with Crippen LogP contribution in [0.5, 0.6) is 0 Å². The van der Waals surface area contributed by atoms with Crippen molar-refractivity contribution in [3.63, 3.8) is 0 Å². The summed E-state index contributed by atoms with van der Waals surface area (Å²) >= 11 is 0. The molecule has 0 aliphatic heterocycles. The van der Waals surface area contributed by atoms with Crippen LogP contribution in [0.4, 0.5) is 0 Å². The van der Waals surface area contributed by atoms with E-state index in [1.807, 2.05) is 21.1 Å². The van der Waals surface area contributed by atoms with Crippen molar-refractivity contribution in [2.24, 2.45) is 0 Å². The van der Waals surface area contributed by atoms with E-state index in [9.17, 15) is 19.5 Å². The lowest BCUT2D eigenvalue weighted by atomic mass is 10.1. The molecule has 0 saturated carbocycles. The molecule has 75 heavy (non-hydrogen) atoms. The van der Waals surface area contributed by atoms with Crippen molar-refractivity contribution in [3.05, 3.63) is 170 Å². The molecule has 0 N–H and O–H groups in total. The summed E-state index contributed by atoms with van der Waals surface area (Å²) in [6.45, 7) is 4.39. The van der Waals surface area contributed by atoms with Gasteiger partial charge in [0.2, 0.25) is 0 Å². The van der Waals surface area contributed by atoms with E-state index in [0.29, 0.717) is 23.9 Å². The number of carbonyl (C=O) groups excluding carboxylic acids is 3. The predicted octanol–water partition coefficient (Wildman–Crippen LogP) is 15.4. The van der Waals surface area contributed by atoms with Crippen LogP contribution in [-0.2, 0) is 33.3 Å². The average molecular weight is 1040 g/mol. The first kappa shape index (κ1) is 69.7. The number of nitrogens with zero attached hydrogens (tertiary/aromatic N) is 1. The highest BCUT2D eigenvalue weighted by atomic mass is 16.7. The number of hydrogen-bond acceptors (Lipinski definition) is 8. The molecule has 0 heterocycles.